The number of hydrogen-bond donors (Lipinski definition) is 1. The summed E-state index contributed by atoms with van der Waals surface area (Å²) < 4.78 is 5.96. The number of ether oxygens (including phenoxy) is 1. The molecule has 0 aromatic carbocycles. The Bertz CT molecular complexity index is 398. The largest absolute Gasteiger partial charge is 0.378 e. The average Bonchev–Trinajstić information content (AvgIpc) is 2.93. The molecule has 0 radical (unpaired) electrons. The van der Waals surface area contributed by atoms with Crippen molar-refractivity contribution in [1.82, 2.24) is 10.2 Å². The number of rotatable bonds is 5. The van der Waals surface area contributed by atoms with Crippen molar-refractivity contribution in [1.29, 1.82) is 0 Å². The van der Waals surface area contributed by atoms with Gasteiger partial charge in [-0.1, -0.05) is 25.7 Å². The van der Waals surface area contributed by atoms with Crippen LogP contribution in [0.3, 0.4) is 0 Å². The molecular weight excluding hydrogens is 288 g/mol. The predicted octanol–water partition coefficient (Wildman–Crippen LogP) is 3.10. The third-order valence-electron chi connectivity index (χ3n) is 6.57. The molecule has 132 valence electrons. The number of amides is 1. The summed E-state index contributed by atoms with van der Waals surface area (Å²) in [6, 6.07) is 0.348. The Morgan fingerprint density at radius 2 is 1.83 bits per heavy atom. The maximum Gasteiger partial charge on any atom is 0.237 e. The Hall–Kier alpha value is -0.610. The lowest BCUT2D eigenvalue weighted by molar-refractivity contribution is -0.147. The Morgan fingerprint density at radius 1 is 1.17 bits per heavy atom. The van der Waals surface area contributed by atoms with Crippen molar-refractivity contribution in [2.45, 2.75) is 89.8 Å². The first-order chi connectivity index (χ1) is 11.2. The molecule has 4 nitrogen and oxygen atoms in total. The van der Waals surface area contributed by atoms with Crippen LogP contribution in [0.4, 0.5) is 0 Å². The van der Waals surface area contributed by atoms with Gasteiger partial charge in [0.15, 0.2) is 0 Å². The fraction of sp³-hybridized carbons (Fsp3) is 0.947. The molecule has 1 spiro atoms. The molecule has 3 atom stereocenters. The van der Waals surface area contributed by atoms with Crippen LogP contribution in [-0.4, -0.2) is 48.7 Å². The minimum atomic E-state index is 0.0118. The maximum atomic E-state index is 12.8. The van der Waals surface area contributed by atoms with E-state index in [4.69, 9.17) is 4.74 Å². The summed E-state index contributed by atoms with van der Waals surface area (Å²) in [6.45, 7) is 7.10. The molecule has 1 aliphatic heterocycles. The molecule has 2 saturated carbocycles. The Labute approximate surface area is 141 Å². The van der Waals surface area contributed by atoms with Gasteiger partial charge in [0, 0.05) is 18.1 Å². The van der Waals surface area contributed by atoms with Crippen molar-refractivity contribution in [3.63, 3.8) is 0 Å². The second kappa shape index (κ2) is 7.52. The summed E-state index contributed by atoms with van der Waals surface area (Å²) in [5, 5.41) is 3.39. The van der Waals surface area contributed by atoms with Gasteiger partial charge in [-0.2, -0.15) is 0 Å². The lowest BCUT2D eigenvalue weighted by Crippen LogP contribution is -2.65. The van der Waals surface area contributed by atoms with Gasteiger partial charge >= 0.3 is 0 Å². The molecule has 4 heteroatoms. The standard InChI is InChI=1S/C19H34N2O2/c1-3-23-17-14-16(19(17)10-6-7-11-19)20-18(22)15(2)21-12-8-4-5-9-13-21/h15-17H,3-14H2,1-2H3,(H,20,22)/t15-,16-,17-/m1/s1. The zero-order valence-corrected chi connectivity index (χ0v) is 15.0. The minimum absolute atomic E-state index is 0.0118. The molecule has 3 aliphatic rings. The van der Waals surface area contributed by atoms with E-state index < -0.39 is 0 Å². The van der Waals surface area contributed by atoms with Crippen LogP contribution in [0.5, 0.6) is 0 Å². The van der Waals surface area contributed by atoms with E-state index in [-0.39, 0.29) is 17.4 Å². The van der Waals surface area contributed by atoms with Gasteiger partial charge in [-0.25, -0.2) is 0 Å². The Balaban J connectivity index is 1.56. The summed E-state index contributed by atoms with van der Waals surface area (Å²) in [7, 11) is 0. The second-order valence-electron chi connectivity index (χ2n) is 7.81. The maximum absolute atomic E-state index is 12.8. The van der Waals surface area contributed by atoms with Crippen molar-refractivity contribution < 1.29 is 9.53 Å². The Kier molecular flexibility index (Phi) is 5.63. The molecule has 2 aliphatic carbocycles. The number of carbonyl (C=O) groups excluding carboxylic acids is 1. The molecule has 0 aromatic rings. The van der Waals surface area contributed by atoms with Crippen molar-refractivity contribution in [2.24, 2.45) is 5.41 Å². The number of nitrogens with one attached hydrogen (secondary N) is 1. The first-order valence-corrected chi connectivity index (χ1v) is 9.83. The van der Waals surface area contributed by atoms with Crippen molar-refractivity contribution in [2.75, 3.05) is 19.7 Å². The van der Waals surface area contributed by atoms with Crippen LogP contribution in [0.2, 0.25) is 0 Å². The van der Waals surface area contributed by atoms with E-state index >= 15 is 0 Å². The highest BCUT2D eigenvalue weighted by Gasteiger charge is 2.57. The van der Waals surface area contributed by atoms with Gasteiger partial charge in [0.1, 0.15) is 0 Å². The number of likely N-dealkylation sites (tertiary alicyclic amines) is 1. The van der Waals surface area contributed by atoms with Crippen LogP contribution in [0.25, 0.3) is 0 Å². The van der Waals surface area contributed by atoms with E-state index in [1.807, 2.05) is 0 Å². The predicted molar refractivity (Wildman–Crippen MR) is 92.4 cm³/mol. The Morgan fingerprint density at radius 3 is 2.43 bits per heavy atom. The van der Waals surface area contributed by atoms with E-state index in [0.717, 1.165) is 26.1 Å². The SMILES string of the molecule is CCO[C@@H]1C[C@@H](NC(=O)[C@@H](C)N2CCCCCC2)C12CCCC2. The number of carbonyl (C=O) groups is 1. The van der Waals surface area contributed by atoms with Crippen LogP contribution in [0.15, 0.2) is 0 Å². The van der Waals surface area contributed by atoms with Gasteiger partial charge in [-0.15, -0.1) is 0 Å². The average molecular weight is 322 g/mol. The lowest BCUT2D eigenvalue weighted by Gasteiger charge is -2.54. The van der Waals surface area contributed by atoms with E-state index in [1.165, 1.54) is 51.4 Å². The summed E-state index contributed by atoms with van der Waals surface area (Å²) >= 11 is 0. The highest BCUT2D eigenvalue weighted by Crippen LogP contribution is 2.54. The zero-order valence-electron chi connectivity index (χ0n) is 15.0. The summed E-state index contributed by atoms with van der Waals surface area (Å²) in [6.07, 6.45) is 11.5. The second-order valence-corrected chi connectivity index (χ2v) is 7.81. The molecule has 1 saturated heterocycles. The van der Waals surface area contributed by atoms with Crippen LogP contribution in [0.1, 0.15) is 71.6 Å². The molecule has 3 fully saturated rings. The van der Waals surface area contributed by atoms with Crippen LogP contribution in [0, 0.1) is 5.41 Å². The third-order valence-corrected chi connectivity index (χ3v) is 6.57. The van der Waals surface area contributed by atoms with E-state index in [2.05, 4.69) is 24.1 Å². The first-order valence-electron chi connectivity index (χ1n) is 9.83. The minimum Gasteiger partial charge on any atom is -0.378 e. The summed E-state index contributed by atoms with van der Waals surface area (Å²) in [4.78, 5) is 15.1. The van der Waals surface area contributed by atoms with Crippen LogP contribution < -0.4 is 5.32 Å². The lowest BCUT2D eigenvalue weighted by atomic mass is 9.60. The van der Waals surface area contributed by atoms with E-state index in [1.54, 1.807) is 0 Å². The molecule has 3 rings (SSSR count). The van der Waals surface area contributed by atoms with Crippen LogP contribution in [-0.2, 0) is 9.53 Å². The fourth-order valence-electron chi connectivity index (χ4n) is 5.03. The number of nitrogens with zero attached hydrogens (tertiary/aromatic N) is 1. The first kappa shape index (κ1) is 17.2. The third kappa shape index (κ3) is 3.43. The molecule has 0 aromatic heterocycles. The van der Waals surface area contributed by atoms with Gasteiger partial charge in [0.25, 0.3) is 0 Å². The molecule has 0 unspecified atom stereocenters. The molecule has 1 amide bonds. The smallest absolute Gasteiger partial charge is 0.237 e. The van der Waals surface area contributed by atoms with Crippen LogP contribution >= 0.6 is 0 Å². The normalized spacial score (nSPS) is 32.3. The quantitative estimate of drug-likeness (QED) is 0.845. The highest BCUT2D eigenvalue weighted by atomic mass is 16.5. The van der Waals surface area contributed by atoms with Gasteiger partial charge < -0.3 is 10.1 Å². The molecular formula is C19H34N2O2. The van der Waals surface area contributed by atoms with Gasteiger partial charge in [-0.3, -0.25) is 9.69 Å². The monoisotopic (exact) mass is 322 g/mol. The van der Waals surface area contributed by atoms with Gasteiger partial charge in [0.2, 0.25) is 5.91 Å². The molecule has 1 N–H and O–H groups in total. The fourth-order valence-corrected chi connectivity index (χ4v) is 5.03. The van der Waals surface area contributed by atoms with E-state index in [0.29, 0.717) is 12.1 Å². The molecule has 23 heavy (non-hydrogen) atoms. The summed E-state index contributed by atoms with van der Waals surface area (Å²) in [5.74, 6) is 0.234. The van der Waals surface area contributed by atoms with E-state index in [9.17, 15) is 4.79 Å². The summed E-state index contributed by atoms with van der Waals surface area (Å²) in [5.41, 5.74) is 0.240. The van der Waals surface area contributed by atoms with Gasteiger partial charge in [-0.05, 0) is 59.0 Å². The zero-order chi connectivity index (χ0) is 16.3. The molecule has 0 bridgehead atoms. The van der Waals surface area contributed by atoms with Crippen molar-refractivity contribution in [3.8, 4) is 0 Å². The topological polar surface area (TPSA) is 41.6 Å². The van der Waals surface area contributed by atoms with Crippen molar-refractivity contribution >= 4 is 5.91 Å². The number of hydrogen-bond acceptors (Lipinski definition) is 3. The molecule has 1 heterocycles. The van der Waals surface area contributed by atoms with Gasteiger partial charge in [0.05, 0.1) is 12.1 Å². The van der Waals surface area contributed by atoms with Crippen molar-refractivity contribution in [3.05, 3.63) is 0 Å². The highest BCUT2D eigenvalue weighted by molar-refractivity contribution is 5.81.